The molecule has 0 bridgehead atoms. The summed E-state index contributed by atoms with van der Waals surface area (Å²) < 4.78 is 10.8. The summed E-state index contributed by atoms with van der Waals surface area (Å²) in [4.78, 5) is 22.9. The Morgan fingerprint density at radius 2 is 2.06 bits per heavy atom. The van der Waals surface area contributed by atoms with Crippen molar-refractivity contribution in [3.63, 3.8) is 0 Å². The molecule has 2 N–H and O–H groups in total. The Hall–Kier alpha value is -4.42. The van der Waals surface area contributed by atoms with Gasteiger partial charge in [-0.2, -0.15) is 5.26 Å². The van der Waals surface area contributed by atoms with Gasteiger partial charge in [0.1, 0.15) is 11.8 Å². The van der Waals surface area contributed by atoms with Crippen LogP contribution < -0.4 is 20.3 Å². The number of carbonyl (C=O) groups excluding carboxylic acids is 1. The number of morpholine rings is 1. The Morgan fingerprint density at radius 3 is 2.79 bits per heavy atom. The van der Waals surface area contributed by atoms with Gasteiger partial charge in [0, 0.05) is 41.8 Å². The minimum atomic E-state index is -0.357. The molecule has 1 aliphatic heterocycles. The summed E-state index contributed by atoms with van der Waals surface area (Å²) in [7, 11) is 1.53. The van der Waals surface area contributed by atoms with Crippen LogP contribution in [-0.2, 0) is 9.53 Å². The number of nitriles is 1. The molecule has 0 saturated carbocycles. The highest BCUT2D eigenvalue weighted by molar-refractivity contribution is 5.99. The Bertz CT molecular complexity index is 1250. The zero-order valence-electron chi connectivity index (χ0n) is 18.7. The third-order valence-corrected chi connectivity index (χ3v) is 5.26. The molecular formula is C25H24N6O3. The van der Waals surface area contributed by atoms with Crippen LogP contribution >= 0.6 is 0 Å². The molecule has 1 aliphatic rings. The number of carbonyl (C=O) groups is 1. The third kappa shape index (κ3) is 5.31. The molecule has 0 spiro atoms. The van der Waals surface area contributed by atoms with Gasteiger partial charge in [-0.05, 0) is 36.4 Å². The van der Waals surface area contributed by atoms with Gasteiger partial charge in [-0.25, -0.2) is 9.97 Å². The highest BCUT2D eigenvalue weighted by Gasteiger charge is 2.15. The van der Waals surface area contributed by atoms with Gasteiger partial charge in [0.15, 0.2) is 0 Å². The van der Waals surface area contributed by atoms with E-state index in [4.69, 9.17) is 9.47 Å². The quantitative estimate of drug-likeness (QED) is 0.517. The number of hydrogen-bond donors (Lipinski definition) is 2. The van der Waals surface area contributed by atoms with E-state index in [0.29, 0.717) is 47.4 Å². The number of hydrogen-bond acceptors (Lipinski definition) is 8. The molecule has 2 heterocycles. The molecule has 1 saturated heterocycles. The summed E-state index contributed by atoms with van der Waals surface area (Å²) in [5, 5.41) is 15.6. The van der Waals surface area contributed by atoms with Crippen molar-refractivity contribution in [3.8, 4) is 23.1 Å². The molecule has 0 unspecified atom stereocenters. The topological polar surface area (TPSA) is 112 Å². The smallest absolute Gasteiger partial charge is 0.247 e. The first-order valence-electron chi connectivity index (χ1n) is 10.7. The van der Waals surface area contributed by atoms with E-state index in [9.17, 15) is 10.1 Å². The average Bonchev–Trinajstić information content (AvgIpc) is 2.89. The Kier molecular flexibility index (Phi) is 7.01. The molecule has 0 aliphatic carbocycles. The normalized spacial score (nSPS) is 13.0. The number of benzene rings is 2. The van der Waals surface area contributed by atoms with Crippen LogP contribution in [0.5, 0.6) is 5.75 Å². The summed E-state index contributed by atoms with van der Waals surface area (Å²) >= 11 is 0. The fourth-order valence-electron chi connectivity index (χ4n) is 3.59. The van der Waals surface area contributed by atoms with Gasteiger partial charge in [0.2, 0.25) is 11.9 Å². The maximum absolute atomic E-state index is 11.8. The van der Waals surface area contributed by atoms with Crippen LogP contribution in [0.4, 0.5) is 23.0 Å². The Labute approximate surface area is 197 Å². The number of amides is 1. The minimum absolute atomic E-state index is 0.293. The zero-order valence-corrected chi connectivity index (χ0v) is 18.7. The van der Waals surface area contributed by atoms with E-state index in [0.717, 1.165) is 24.5 Å². The van der Waals surface area contributed by atoms with Crippen molar-refractivity contribution in [1.29, 1.82) is 5.26 Å². The van der Waals surface area contributed by atoms with Crippen LogP contribution in [0.25, 0.3) is 11.3 Å². The Morgan fingerprint density at radius 1 is 1.24 bits per heavy atom. The molecule has 2 aromatic carbocycles. The van der Waals surface area contributed by atoms with E-state index >= 15 is 0 Å². The van der Waals surface area contributed by atoms with E-state index < -0.39 is 0 Å². The molecule has 1 fully saturated rings. The van der Waals surface area contributed by atoms with Crippen LogP contribution in [-0.4, -0.2) is 49.3 Å². The van der Waals surface area contributed by atoms with E-state index in [1.807, 2.05) is 18.2 Å². The molecule has 1 aromatic heterocycles. The van der Waals surface area contributed by atoms with Crippen LogP contribution in [0.1, 0.15) is 5.56 Å². The van der Waals surface area contributed by atoms with Crippen molar-refractivity contribution in [1.82, 2.24) is 9.97 Å². The summed E-state index contributed by atoms with van der Waals surface area (Å²) in [6.45, 7) is 6.55. The Balaban J connectivity index is 1.66. The third-order valence-electron chi connectivity index (χ3n) is 5.26. The maximum atomic E-state index is 11.8. The number of aromatic nitrogens is 2. The predicted molar refractivity (Wildman–Crippen MR) is 130 cm³/mol. The van der Waals surface area contributed by atoms with Crippen LogP contribution in [0.2, 0.25) is 0 Å². The van der Waals surface area contributed by atoms with Crippen molar-refractivity contribution in [2.24, 2.45) is 0 Å². The lowest BCUT2D eigenvalue weighted by molar-refractivity contribution is -0.111. The SMILES string of the molecule is C=CC(=O)Nc1cc(OC)cc(-c2nc(Nc3cccc(N4CCOCC4)c3)ncc2C#N)c1. The van der Waals surface area contributed by atoms with E-state index in [-0.39, 0.29) is 5.91 Å². The van der Waals surface area contributed by atoms with Gasteiger partial charge in [-0.3, -0.25) is 4.79 Å². The van der Waals surface area contributed by atoms with Crippen LogP contribution in [0.3, 0.4) is 0 Å². The summed E-state index contributed by atoms with van der Waals surface area (Å²) in [5.74, 6) is 0.490. The highest BCUT2D eigenvalue weighted by Crippen LogP contribution is 2.30. The van der Waals surface area contributed by atoms with E-state index in [2.05, 4.69) is 44.2 Å². The monoisotopic (exact) mass is 456 g/mol. The van der Waals surface area contributed by atoms with Crippen LogP contribution in [0, 0.1) is 11.3 Å². The van der Waals surface area contributed by atoms with Gasteiger partial charge < -0.3 is 25.0 Å². The van der Waals surface area contributed by atoms with Gasteiger partial charge in [0.05, 0.1) is 37.8 Å². The molecule has 4 rings (SSSR count). The van der Waals surface area contributed by atoms with Gasteiger partial charge >= 0.3 is 0 Å². The fourth-order valence-corrected chi connectivity index (χ4v) is 3.59. The number of anilines is 4. The lowest BCUT2D eigenvalue weighted by atomic mass is 10.1. The molecular weight excluding hydrogens is 432 g/mol. The first kappa shape index (κ1) is 22.8. The van der Waals surface area contributed by atoms with Gasteiger partial charge in [-0.15, -0.1) is 0 Å². The van der Waals surface area contributed by atoms with Crippen molar-refractivity contribution >= 4 is 28.9 Å². The summed E-state index contributed by atoms with van der Waals surface area (Å²) in [6.07, 6.45) is 2.65. The van der Waals surface area contributed by atoms with E-state index in [1.165, 1.54) is 19.4 Å². The van der Waals surface area contributed by atoms with Gasteiger partial charge in [0.25, 0.3) is 0 Å². The molecule has 9 heteroatoms. The lowest BCUT2D eigenvalue weighted by Crippen LogP contribution is -2.36. The van der Waals surface area contributed by atoms with Gasteiger partial charge in [-0.1, -0.05) is 12.6 Å². The second-order valence-corrected chi connectivity index (χ2v) is 7.49. The molecule has 0 atom stereocenters. The standard InChI is InChI=1S/C25H24N6O3/c1-3-23(32)28-20-11-17(12-22(14-20)33-2)24-18(15-26)16-27-25(30-24)29-19-5-4-6-21(13-19)31-7-9-34-10-8-31/h3-6,11-14,16H,1,7-10H2,2H3,(H,28,32)(H,27,29,30). The fraction of sp³-hybridized carbons (Fsp3) is 0.200. The number of rotatable bonds is 7. The summed E-state index contributed by atoms with van der Waals surface area (Å²) in [5.41, 5.74) is 3.71. The van der Waals surface area contributed by atoms with Crippen molar-refractivity contribution in [2.45, 2.75) is 0 Å². The maximum Gasteiger partial charge on any atom is 0.247 e. The van der Waals surface area contributed by atoms with Crippen molar-refractivity contribution in [3.05, 3.63) is 66.9 Å². The molecule has 3 aromatic rings. The number of nitrogens with zero attached hydrogens (tertiary/aromatic N) is 4. The number of nitrogens with one attached hydrogen (secondary N) is 2. The summed E-state index contributed by atoms with van der Waals surface area (Å²) in [6, 6.07) is 15.2. The predicted octanol–water partition coefficient (Wildman–Crippen LogP) is 3.73. The molecule has 34 heavy (non-hydrogen) atoms. The number of ether oxygens (including phenoxy) is 2. The van der Waals surface area contributed by atoms with Crippen LogP contribution in [0.15, 0.2) is 61.3 Å². The molecule has 0 radical (unpaired) electrons. The highest BCUT2D eigenvalue weighted by atomic mass is 16.5. The zero-order chi connectivity index (χ0) is 23.9. The molecule has 1 amide bonds. The largest absolute Gasteiger partial charge is 0.497 e. The number of methoxy groups -OCH3 is 1. The second kappa shape index (κ2) is 10.5. The second-order valence-electron chi connectivity index (χ2n) is 7.49. The van der Waals surface area contributed by atoms with Crippen molar-refractivity contribution in [2.75, 3.05) is 48.9 Å². The van der Waals surface area contributed by atoms with E-state index in [1.54, 1.807) is 18.2 Å². The first-order valence-corrected chi connectivity index (χ1v) is 10.7. The molecule has 9 nitrogen and oxygen atoms in total. The minimum Gasteiger partial charge on any atom is -0.497 e. The average molecular weight is 457 g/mol. The first-order chi connectivity index (χ1) is 16.6. The van der Waals surface area contributed by atoms with Crippen molar-refractivity contribution < 1.29 is 14.3 Å². The molecule has 172 valence electrons. The lowest BCUT2D eigenvalue weighted by Gasteiger charge is -2.29.